The normalized spacial score (nSPS) is 9.57. The van der Waals surface area contributed by atoms with Crippen molar-refractivity contribution in [3.8, 4) is 0 Å². The van der Waals surface area contributed by atoms with Crippen LogP contribution in [0.4, 0.5) is 10.5 Å². The summed E-state index contributed by atoms with van der Waals surface area (Å²) >= 11 is 4.33. The second kappa shape index (κ2) is 4.43. The van der Waals surface area contributed by atoms with Gasteiger partial charge in [0.2, 0.25) is 0 Å². The van der Waals surface area contributed by atoms with Gasteiger partial charge in [-0.25, -0.2) is 9.59 Å². The quantitative estimate of drug-likeness (QED) is 0.810. The average molecular weight is 279 g/mol. The van der Waals surface area contributed by atoms with Crippen LogP contribution in [0.3, 0.4) is 0 Å². The molecule has 0 atom stereocenters. The molecular formula is C7H7BrN2O3S. The van der Waals surface area contributed by atoms with Crippen molar-refractivity contribution in [1.29, 1.82) is 0 Å². The lowest BCUT2D eigenvalue weighted by Gasteiger charge is -2.02. The highest BCUT2D eigenvalue weighted by Crippen LogP contribution is 2.33. The predicted octanol–water partition coefficient (Wildman–Crippen LogP) is 1.79. The first-order chi connectivity index (χ1) is 6.56. The highest BCUT2D eigenvalue weighted by atomic mass is 79.9. The van der Waals surface area contributed by atoms with E-state index in [0.717, 1.165) is 11.3 Å². The second-order valence-corrected chi connectivity index (χ2v) is 4.00. The van der Waals surface area contributed by atoms with Gasteiger partial charge in [0.25, 0.3) is 0 Å². The average Bonchev–Trinajstić information content (AvgIpc) is 2.46. The van der Waals surface area contributed by atoms with Crippen LogP contribution >= 0.6 is 27.3 Å². The van der Waals surface area contributed by atoms with Crippen LogP contribution in [0.1, 0.15) is 9.67 Å². The Hall–Kier alpha value is -1.08. The number of hydrogen-bond acceptors (Lipinski definition) is 4. The Morgan fingerprint density at radius 1 is 1.64 bits per heavy atom. The number of primary amides is 1. The fourth-order valence-corrected chi connectivity index (χ4v) is 2.33. The zero-order valence-electron chi connectivity index (χ0n) is 7.17. The van der Waals surface area contributed by atoms with Crippen molar-refractivity contribution in [2.24, 2.45) is 5.73 Å². The van der Waals surface area contributed by atoms with E-state index in [0.29, 0.717) is 15.0 Å². The lowest BCUT2D eigenvalue weighted by atomic mass is 10.4. The molecule has 0 aliphatic heterocycles. The van der Waals surface area contributed by atoms with Crippen molar-refractivity contribution in [3.63, 3.8) is 0 Å². The molecule has 0 bridgehead atoms. The van der Waals surface area contributed by atoms with E-state index in [1.165, 1.54) is 7.11 Å². The van der Waals surface area contributed by atoms with Crippen LogP contribution < -0.4 is 11.1 Å². The molecule has 3 N–H and O–H groups in total. The van der Waals surface area contributed by atoms with Crippen molar-refractivity contribution >= 4 is 45.0 Å². The van der Waals surface area contributed by atoms with E-state index in [4.69, 9.17) is 5.73 Å². The maximum Gasteiger partial charge on any atom is 0.350 e. The summed E-state index contributed by atoms with van der Waals surface area (Å²) in [6.45, 7) is 0. The van der Waals surface area contributed by atoms with E-state index in [-0.39, 0.29) is 0 Å². The molecule has 0 unspecified atom stereocenters. The van der Waals surface area contributed by atoms with Crippen LogP contribution in [-0.4, -0.2) is 19.1 Å². The van der Waals surface area contributed by atoms with Gasteiger partial charge in [-0.3, -0.25) is 0 Å². The topological polar surface area (TPSA) is 81.4 Å². The molecule has 0 aliphatic rings. The lowest BCUT2D eigenvalue weighted by molar-refractivity contribution is 0.0607. The number of anilines is 1. The second-order valence-electron chi connectivity index (χ2n) is 2.27. The predicted molar refractivity (Wildman–Crippen MR) is 56.6 cm³/mol. The van der Waals surface area contributed by atoms with Crippen molar-refractivity contribution in [3.05, 3.63) is 14.7 Å². The molecule has 0 aliphatic carbocycles. The maximum absolute atomic E-state index is 11.2. The number of amides is 2. The Morgan fingerprint density at radius 3 is 2.79 bits per heavy atom. The minimum atomic E-state index is -0.728. The molecule has 5 nitrogen and oxygen atoms in total. The molecule has 0 fully saturated rings. The number of carbonyl (C=O) groups is 2. The highest BCUT2D eigenvalue weighted by molar-refractivity contribution is 9.10. The lowest BCUT2D eigenvalue weighted by Crippen LogP contribution is -2.20. The van der Waals surface area contributed by atoms with E-state index in [1.807, 2.05) is 0 Å². The van der Waals surface area contributed by atoms with E-state index in [2.05, 4.69) is 26.0 Å². The third-order valence-corrected chi connectivity index (χ3v) is 3.25. The summed E-state index contributed by atoms with van der Waals surface area (Å²) in [5.41, 5.74) is 5.29. The first-order valence-corrected chi connectivity index (χ1v) is 5.15. The van der Waals surface area contributed by atoms with Gasteiger partial charge < -0.3 is 15.8 Å². The Labute approximate surface area is 92.4 Å². The number of rotatable bonds is 2. The van der Waals surface area contributed by atoms with Crippen molar-refractivity contribution in [2.75, 3.05) is 12.4 Å². The molecule has 14 heavy (non-hydrogen) atoms. The Balaban J connectivity index is 3.05. The summed E-state index contributed by atoms with van der Waals surface area (Å²) in [5, 5.41) is 4.00. The summed E-state index contributed by atoms with van der Waals surface area (Å²) in [4.78, 5) is 22.1. The number of hydrogen-bond donors (Lipinski definition) is 2. The molecule has 1 heterocycles. The van der Waals surface area contributed by atoms with Crippen LogP contribution in [0.5, 0.6) is 0 Å². The summed E-state index contributed by atoms with van der Waals surface area (Å²) in [5.74, 6) is -0.510. The number of carbonyl (C=O) groups excluding carboxylic acids is 2. The summed E-state index contributed by atoms with van der Waals surface area (Å²) in [7, 11) is 1.27. The molecular weight excluding hydrogens is 272 g/mol. The van der Waals surface area contributed by atoms with Crippen molar-refractivity contribution in [1.82, 2.24) is 0 Å². The van der Waals surface area contributed by atoms with Gasteiger partial charge in [-0.05, 0) is 15.9 Å². The molecule has 7 heteroatoms. The molecule has 1 rings (SSSR count). The van der Waals surface area contributed by atoms with E-state index in [9.17, 15) is 9.59 Å². The smallest absolute Gasteiger partial charge is 0.350 e. The number of halogens is 1. The van der Waals surface area contributed by atoms with Crippen molar-refractivity contribution < 1.29 is 14.3 Å². The molecule has 0 saturated carbocycles. The van der Waals surface area contributed by atoms with Crippen LogP contribution in [-0.2, 0) is 4.74 Å². The molecule has 76 valence electrons. The summed E-state index contributed by atoms with van der Waals surface area (Å²) in [6, 6.07) is -0.728. The molecule has 2 amide bonds. The van der Waals surface area contributed by atoms with Crippen LogP contribution in [0.2, 0.25) is 0 Å². The molecule has 0 saturated heterocycles. The third-order valence-electron chi connectivity index (χ3n) is 1.37. The number of urea groups is 1. The van der Waals surface area contributed by atoms with E-state index < -0.39 is 12.0 Å². The van der Waals surface area contributed by atoms with Crippen LogP contribution in [0, 0.1) is 0 Å². The highest BCUT2D eigenvalue weighted by Gasteiger charge is 2.18. The first kappa shape index (κ1) is 11.0. The van der Waals surface area contributed by atoms with Gasteiger partial charge in [-0.15, -0.1) is 11.3 Å². The zero-order chi connectivity index (χ0) is 10.7. The fourth-order valence-electron chi connectivity index (χ4n) is 0.820. The third kappa shape index (κ3) is 2.24. The number of methoxy groups -OCH3 is 1. The standard InChI is InChI=1S/C7H7BrN2O3S/c1-13-6(11)5-4(10-7(9)12)3(8)2-14-5/h2H,1H3,(H3,9,10,12). The maximum atomic E-state index is 11.2. The number of esters is 1. The summed E-state index contributed by atoms with van der Waals surface area (Å²) in [6.07, 6.45) is 0. The van der Waals surface area contributed by atoms with Gasteiger partial charge in [0.05, 0.1) is 17.3 Å². The Morgan fingerprint density at radius 2 is 2.29 bits per heavy atom. The first-order valence-electron chi connectivity index (χ1n) is 3.48. The molecule has 1 aromatic heterocycles. The van der Waals surface area contributed by atoms with Gasteiger partial charge in [-0.1, -0.05) is 0 Å². The number of thiophene rings is 1. The molecule has 0 spiro atoms. The minimum Gasteiger partial charge on any atom is -0.465 e. The Bertz CT molecular complexity index is 377. The monoisotopic (exact) mass is 278 g/mol. The SMILES string of the molecule is COC(=O)c1scc(Br)c1NC(N)=O. The zero-order valence-corrected chi connectivity index (χ0v) is 9.57. The molecule has 1 aromatic rings. The van der Waals surface area contributed by atoms with Gasteiger partial charge in [-0.2, -0.15) is 0 Å². The number of nitrogens with two attached hydrogens (primary N) is 1. The largest absolute Gasteiger partial charge is 0.465 e. The van der Waals surface area contributed by atoms with Gasteiger partial charge in [0.15, 0.2) is 0 Å². The van der Waals surface area contributed by atoms with Gasteiger partial charge in [0, 0.05) is 5.38 Å². The van der Waals surface area contributed by atoms with Gasteiger partial charge >= 0.3 is 12.0 Å². The van der Waals surface area contributed by atoms with Gasteiger partial charge in [0.1, 0.15) is 4.88 Å². The summed E-state index contributed by atoms with van der Waals surface area (Å²) < 4.78 is 5.13. The fraction of sp³-hybridized carbons (Fsp3) is 0.143. The molecule has 0 radical (unpaired) electrons. The van der Waals surface area contributed by atoms with E-state index in [1.54, 1.807) is 5.38 Å². The van der Waals surface area contributed by atoms with Crippen LogP contribution in [0.25, 0.3) is 0 Å². The minimum absolute atomic E-state index is 0.304. The number of nitrogens with one attached hydrogen (secondary N) is 1. The number of ether oxygens (including phenoxy) is 1. The molecule has 0 aromatic carbocycles. The van der Waals surface area contributed by atoms with Crippen molar-refractivity contribution in [2.45, 2.75) is 0 Å². The van der Waals surface area contributed by atoms with E-state index >= 15 is 0 Å². The Kier molecular flexibility index (Phi) is 3.48. The van der Waals surface area contributed by atoms with Crippen LogP contribution in [0.15, 0.2) is 9.85 Å².